The summed E-state index contributed by atoms with van der Waals surface area (Å²) in [6.45, 7) is 7.46. The van der Waals surface area contributed by atoms with Crippen molar-refractivity contribution >= 4 is 44.7 Å². The largest absolute Gasteiger partial charge is 0.471 e. The maximum absolute atomic E-state index is 14.9. The van der Waals surface area contributed by atoms with Crippen LogP contribution in [0.15, 0.2) is 36.9 Å². The molecular formula is C41H53N5O8S. The van der Waals surface area contributed by atoms with Gasteiger partial charge in [-0.15, -0.1) is 6.58 Å². The molecule has 2 N–H and O–H groups in total. The number of carbonyl (C=O) groups is 4. The standard InChI is InChI=1S/C41H53N5O8S/c1-4-26-23-41(26,38(50)45-55(51,52)39(2)18-19-39)44-35(48)33-20-28-24-46(33)37(49)29(25-12-8-9-13-25)21-34(47)54-40(3)22-27(40)14-6-5-7-17-32-36(53-28)43-31-16-11-10-15-30(31)42-32/h4,10-11,15-16,25-29,33H,1,5-9,12-14,17-24H2,2-3H3,(H,44,48)(H,45,50)/t26-,27-,28-,29+,33+,40-,41-/m1/s1. The molecule has 1 saturated heterocycles. The number of rotatable bonds is 7. The van der Waals surface area contributed by atoms with Crippen LogP contribution in [0, 0.1) is 23.7 Å². The quantitative estimate of drug-likeness (QED) is 0.297. The topological polar surface area (TPSA) is 174 Å². The number of nitrogens with zero attached hydrogens (tertiary/aromatic N) is 3. The molecule has 5 fully saturated rings. The van der Waals surface area contributed by atoms with E-state index in [2.05, 4.69) is 16.6 Å². The van der Waals surface area contributed by atoms with Crippen molar-refractivity contribution < 1.29 is 37.1 Å². The number of carbonyl (C=O) groups excluding carboxylic acids is 4. The van der Waals surface area contributed by atoms with Crippen LogP contribution in [-0.2, 0) is 40.4 Å². The molecule has 7 atom stereocenters. The van der Waals surface area contributed by atoms with Gasteiger partial charge in [0.2, 0.25) is 27.7 Å². The molecule has 14 heteroatoms. The van der Waals surface area contributed by atoms with Gasteiger partial charge in [-0.3, -0.25) is 23.9 Å². The Morgan fingerprint density at radius 3 is 2.38 bits per heavy atom. The number of ether oxygens (including phenoxy) is 2. The fourth-order valence-electron chi connectivity index (χ4n) is 9.26. The third-order valence-corrected chi connectivity index (χ3v) is 15.6. The lowest BCUT2D eigenvalue weighted by molar-refractivity contribution is -0.157. The van der Waals surface area contributed by atoms with Crippen LogP contribution in [0.3, 0.4) is 0 Å². The molecule has 3 heterocycles. The van der Waals surface area contributed by atoms with Gasteiger partial charge < -0.3 is 19.7 Å². The van der Waals surface area contributed by atoms with E-state index in [0.717, 1.165) is 63.3 Å². The maximum atomic E-state index is 14.9. The predicted octanol–water partition coefficient (Wildman–Crippen LogP) is 4.67. The van der Waals surface area contributed by atoms with Gasteiger partial charge in [0.15, 0.2) is 0 Å². The Hall–Kier alpha value is -4.07. The first kappa shape index (κ1) is 37.8. The number of amides is 3. The predicted molar refractivity (Wildman–Crippen MR) is 203 cm³/mol. The van der Waals surface area contributed by atoms with Crippen molar-refractivity contribution in [2.45, 2.75) is 138 Å². The highest BCUT2D eigenvalue weighted by Crippen LogP contribution is 2.51. The molecule has 4 aliphatic carbocycles. The van der Waals surface area contributed by atoms with Crippen LogP contribution in [0.25, 0.3) is 11.0 Å². The van der Waals surface area contributed by atoms with Crippen LogP contribution in [0.2, 0.25) is 0 Å². The Balaban J connectivity index is 1.11. The second-order valence-electron chi connectivity index (χ2n) is 17.5. The summed E-state index contributed by atoms with van der Waals surface area (Å²) in [6, 6.07) is 6.53. The van der Waals surface area contributed by atoms with E-state index in [4.69, 9.17) is 19.4 Å². The third-order valence-electron chi connectivity index (χ3n) is 13.5. The van der Waals surface area contributed by atoms with Crippen LogP contribution in [-0.4, -0.2) is 81.6 Å². The fourth-order valence-corrected chi connectivity index (χ4v) is 10.6. The first-order valence-corrected chi connectivity index (χ1v) is 21.7. The smallest absolute Gasteiger partial charge is 0.307 e. The second kappa shape index (κ2) is 14.1. The van der Waals surface area contributed by atoms with Gasteiger partial charge in [0.05, 0.1) is 34.7 Å². The molecule has 2 aromatic rings. The van der Waals surface area contributed by atoms with Crippen molar-refractivity contribution in [1.82, 2.24) is 24.9 Å². The summed E-state index contributed by atoms with van der Waals surface area (Å²) >= 11 is 0. The maximum Gasteiger partial charge on any atom is 0.307 e. The molecule has 0 unspecified atom stereocenters. The van der Waals surface area contributed by atoms with E-state index >= 15 is 0 Å². The van der Waals surface area contributed by atoms with Gasteiger partial charge in [-0.2, -0.15) is 0 Å². The number of esters is 1. The molecule has 1 aromatic heterocycles. The lowest BCUT2D eigenvalue weighted by Crippen LogP contribution is -2.57. The summed E-state index contributed by atoms with van der Waals surface area (Å²) in [5.41, 5.74) is 0.0725. The number of benzene rings is 1. The number of nitrogens with one attached hydrogen (secondary N) is 2. The minimum Gasteiger partial charge on any atom is -0.471 e. The third kappa shape index (κ3) is 7.35. The van der Waals surface area contributed by atoms with E-state index in [1.807, 2.05) is 31.2 Å². The van der Waals surface area contributed by atoms with Crippen LogP contribution < -0.4 is 14.8 Å². The fraction of sp³-hybridized carbons (Fsp3) is 0.659. The first-order chi connectivity index (χ1) is 26.2. The Labute approximate surface area is 322 Å². The van der Waals surface area contributed by atoms with Crippen LogP contribution in [0.5, 0.6) is 5.88 Å². The van der Waals surface area contributed by atoms with Gasteiger partial charge in [0.25, 0.3) is 5.91 Å². The van der Waals surface area contributed by atoms with Crippen LogP contribution >= 0.6 is 0 Å². The number of aryl methyl sites for hydroxylation is 1. The molecule has 4 saturated carbocycles. The Morgan fingerprint density at radius 1 is 0.982 bits per heavy atom. The number of para-hydroxylation sites is 2. The van der Waals surface area contributed by atoms with Crippen molar-refractivity contribution in [3.63, 3.8) is 0 Å². The lowest BCUT2D eigenvalue weighted by Gasteiger charge is -2.31. The molecule has 55 heavy (non-hydrogen) atoms. The number of sulfonamides is 1. The van der Waals surface area contributed by atoms with Crippen molar-refractivity contribution in [2.24, 2.45) is 23.7 Å². The van der Waals surface area contributed by atoms with E-state index in [1.165, 1.54) is 4.90 Å². The van der Waals surface area contributed by atoms with Gasteiger partial charge in [-0.1, -0.05) is 43.9 Å². The molecule has 2 aliphatic heterocycles. The lowest BCUT2D eigenvalue weighted by atomic mass is 9.86. The zero-order chi connectivity index (χ0) is 38.8. The average Bonchev–Trinajstić information content (AvgIpc) is 4.06. The van der Waals surface area contributed by atoms with Gasteiger partial charge in [-0.25, -0.2) is 18.4 Å². The van der Waals surface area contributed by atoms with E-state index in [9.17, 15) is 27.6 Å². The van der Waals surface area contributed by atoms with Gasteiger partial charge in [0.1, 0.15) is 29.0 Å². The van der Waals surface area contributed by atoms with Crippen molar-refractivity contribution in [2.75, 3.05) is 6.54 Å². The number of aromatic nitrogens is 2. The molecule has 3 amide bonds. The van der Waals surface area contributed by atoms with E-state index in [1.54, 1.807) is 13.0 Å². The summed E-state index contributed by atoms with van der Waals surface area (Å²) in [5, 5.41) is 2.88. The highest BCUT2D eigenvalue weighted by molar-refractivity contribution is 7.91. The summed E-state index contributed by atoms with van der Waals surface area (Å²) in [7, 11) is -3.98. The number of hydrogen-bond donors (Lipinski definition) is 2. The highest BCUT2D eigenvalue weighted by Gasteiger charge is 2.63. The van der Waals surface area contributed by atoms with Crippen LogP contribution in [0.1, 0.15) is 109 Å². The molecule has 1 aromatic carbocycles. The molecule has 8 rings (SSSR count). The van der Waals surface area contributed by atoms with Crippen molar-refractivity contribution in [3.8, 4) is 5.88 Å². The monoisotopic (exact) mass is 775 g/mol. The van der Waals surface area contributed by atoms with Crippen molar-refractivity contribution in [1.29, 1.82) is 0 Å². The minimum atomic E-state index is -3.98. The second-order valence-corrected chi connectivity index (χ2v) is 19.7. The summed E-state index contributed by atoms with van der Waals surface area (Å²) < 4.78 is 40.1. The molecular weight excluding hydrogens is 723 g/mol. The average molecular weight is 776 g/mol. The number of hydrogen-bond acceptors (Lipinski definition) is 10. The first-order valence-electron chi connectivity index (χ1n) is 20.2. The Kier molecular flexibility index (Phi) is 9.73. The normalized spacial score (nSPS) is 33.6. The molecule has 6 aliphatic rings. The molecule has 13 nitrogen and oxygen atoms in total. The van der Waals surface area contributed by atoms with Crippen molar-refractivity contribution in [3.05, 3.63) is 42.6 Å². The van der Waals surface area contributed by atoms with E-state index in [0.29, 0.717) is 36.4 Å². The van der Waals surface area contributed by atoms with Gasteiger partial charge in [0, 0.05) is 18.3 Å². The SMILES string of the molecule is C=C[C@@H]1C[C@]1(NC(=O)[C@@H]1C[C@@H]2CN1C(=O)[C@H](C1CCCC1)CC(=O)O[C@]1(C)C[C@H]1CCCCCc1nc3ccccc3nc1O2)C(=O)NS(=O)(=O)C1(C)CC1. The van der Waals surface area contributed by atoms with E-state index < -0.39 is 67.7 Å². The Bertz CT molecular complexity index is 2010. The summed E-state index contributed by atoms with van der Waals surface area (Å²) in [6.07, 6.45) is 10.7. The summed E-state index contributed by atoms with van der Waals surface area (Å²) in [5.74, 6) is -2.71. The molecule has 0 spiro atoms. The Morgan fingerprint density at radius 2 is 1.69 bits per heavy atom. The number of fused-ring (bicyclic) bond motifs is 5. The van der Waals surface area contributed by atoms with Gasteiger partial charge >= 0.3 is 5.97 Å². The zero-order valence-electron chi connectivity index (χ0n) is 31.9. The van der Waals surface area contributed by atoms with Crippen LogP contribution in [0.4, 0.5) is 0 Å². The molecule has 296 valence electrons. The molecule has 0 radical (unpaired) electrons. The van der Waals surface area contributed by atoms with Gasteiger partial charge in [-0.05, 0) is 89.7 Å². The summed E-state index contributed by atoms with van der Waals surface area (Å²) in [4.78, 5) is 68.0. The van der Waals surface area contributed by atoms with E-state index in [-0.39, 0.29) is 43.6 Å². The minimum absolute atomic E-state index is 0.0465. The highest BCUT2D eigenvalue weighted by atomic mass is 32.2. The zero-order valence-corrected chi connectivity index (χ0v) is 32.7. The molecule has 2 bridgehead atoms.